The van der Waals surface area contributed by atoms with Crippen molar-refractivity contribution in [2.75, 3.05) is 18.5 Å². The molecule has 0 radical (unpaired) electrons. The van der Waals surface area contributed by atoms with Crippen molar-refractivity contribution in [2.45, 2.75) is 77.0 Å². The Morgan fingerprint density at radius 2 is 1.85 bits per heavy atom. The van der Waals surface area contributed by atoms with Gasteiger partial charge in [-0.2, -0.15) is 0 Å². The minimum atomic E-state index is -0.392. The summed E-state index contributed by atoms with van der Waals surface area (Å²) in [5, 5.41) is 7.32. The zero-order chi connectivity index (χ0) is 27.9. The number of hydrogen-bond donors (Lipinski definition) is 1. The summed E-state index contributed by atoms with van der Waals surface area (Å²) in [6.07, 6.45) is 7.42. The summed E-state index contributed by atoms with van der Waals surface area (Å²) in [4.78, 5) is 17.4. The third-order valence-electron chi connectivity index (χ3n) is 8.75. The summed E-state index contributed by atoms with van der Waals surface area (Å²) >= 11 is 1.68. The van der Waals surface area contributed by atoms with Crippen LogP contribution in [0.2, 0.25) is 0 Å². The number of carbonyl (C=O) groups excluding carboxylic acids is 1. The number of aromatic nitrogens is 2. The van der Waals surface area contributed by atoms with Crippen LogP contribution in [0.4, 0.5) is 10.5 Å². The number of ether oxygens (including phenoxy) is 3. The maximum absolute atomic E-state index is 12.5. The van der Waals surface area contributed by atoms with Gasteiger partial charge in [0.1, 0.15) is 18.0 Å². The molecule has 41 heavy (non-hydrogen) atoms. The van der Waals surface area contributed by atoms with Crippen LogP contribution < -0.4 is 10.1 Å². The molecule has 8 heteroatoms. The Kier molecular flexibility index (Phi) is 7.21. The molecule has 214 valence electrons. The van der Waals surface area contributed by atoms with Crippen molar-refractivity contribution in [2.24, 2.45) is 5.92 Å². The topological polar surface area (TPSA) is 74.6 Å². The molecule has 1 atom stereocenters. The fraction of sp³-hybridized carbons (Fsp3) is 0.455. The predicted octanol–water partition coefficient (Wildman–Crippen LogP) is 8.37. The highest BCUT2D eigenvalue weighted by Crippen LogP contribution is 2.47. The molecule has 1 N–H and O–H groups in total. The molecule has 3 fully saturated rings. The van der Waals surface area contributed by atoms with Crippen LogP contribution in [0.5, 0.6) is 5.75 Å². The van der Waals surface area contributed by atoms with Gasteiger partial charge in [0.15, 0.2) is 0 Å². The molecule has 0 spiro atoms. The summed E-state index contributed by atoms with van der Waals surface area (Å²) in [5.41, 5.74) is 6.36. The Hall–Kier alpha value is -3.36. The zero-order valence-corrected chi connectivity index (χ0v) is 24.5. The van der Waals surface area contributed by atoms with E-state index in [0.29, 0.717) is 12.0 Å². The van der Waals surface area contributed by atoms with Gasteiger partial charge in [0.05, 0.1) is 35.1 Å². The van der Waals surface area contributed by atoms with Crippen molar-refractivity contribution in [3.63, 3.8) is 0 Å². The number of benzene rings is 2. The summed E-state index contributed by atoms with van der Waals surface area (Å²) in [5.74, 6) is 1.42. The highest BCUT2D eigenvalue weighted by molar-refractivity contribution is 7.09. The zero-order valence-electron chi connectivity index (χ0n) is 23.7. The van der Waals surface area contributed by atoms with E-state index in [4.69, 9.17) is 19.2 Å². The normalized spacial score (nSPS) is 18.7. The number of hydrogen-bond acceptors (Lipinski definition) is 6. The Morgan fingerprint density at radius 1 is 1.07 bits per heavy atom. The Bertz CT molecular complexity index is 1540. The van der Waals surface area contributed by atoms with Crippen molar-refractivity contribution < 1.29 is 19.0 Å². The number of rotatable bonds is 8. The molecule has 1 unspecified atom stereocenters. The number of carbonyl (C=O) groups is 1. The molecule has 3 aliphatic rings. The van der Waals surface area contributed by atoms with Gasteiger partial charge in [-0.05, 0) is 81.7 Å². The van der Waals surface area contributed by atoms with Crippen molar-refractivity contribution >= 4 is 34.0 Å². The van der Waals surface area contributed by atoms with Crippen molar-refractivity contribution in [3.05, 3.63) is 52.9 Å². The molecule has 2 saturated carbocycles. The average molecular weight is 572 g/mol. The second-order valence-corrected chi connectivity index (χ2v) is 12.8. The summed E-state index contributed by atoms with van der Waals surface area (Å²) in [7, 11) is 0. The maximum atomic E-state index is 12.5. The molecule has 1 saturated heterocycles. The van der Waals surface area contributed by atoms with E-state index in [-0.39, 0.29) is 12.2 Å². The smallest absolute Gasteiger partial charge is 0.411 e. The number of anilines is 1. The molecule has 1 amide bonds. The second-order valence-electron chi connectivity index (χ2n) is 11.7. The van der Waals surface area contributed by atoms with Gasteiger partial charge in [0.25, 0.3) is 0 Å². The molecule has 3 heterocycles. The first kappa shape index (κ1) is 26.5. The van der Waals surface area contributed by atoms with Crippen LogP contribution in [0.3, 0.4) is 0 Å². The Balaban J connectivity index is 1.28. The molecule has 1 aliphatic heterocycles. The van der Waals surface area contributed by atoms with Gasteiger partial charge in [0, 0.05) is 47.0 Å². The van der Waals surface area contributed by atoms with Crippen LogP contribution in [-0.4, -0.2) is 41.1 Å². The number of nitrogens with one attached hydrogen (secondary N) is 1. The van der Waals surface area contributed by atoms with Gasteiger partial charge in [-0.25, -0.2) is 9.78 Å². The molecule has 2 aromatic heterocycles. The Morgan fingerprint density at radius 3 is 2.51 bits per heavy atom. The minimum Gasteiger partial charge on any atom is -0.490 e. The van der Waals surface area contributed by atoms with Crippen LogP contribution in [0.25, 0.3) is 33.4 Å². The van der Waals surface area contributed by atoms with Crippen molar-refractivity contribution in [1.29, 1.82) is 0 Å². The maximum Gasteiger partial charge on any atom is 0.411 e. The average Bonchev–Trinajstić information content (AvgIpc) is 3.64. The first-order valence-electron chi connectivity index (χ1n) is 15.0. The molecule has 0 bridgehead atoms. The van der Waals surface area contributed by atoms with Gasteiger partial charge >= 0.3 is 6.09 Å². The number of thiazole rings is 1. The van der Waals surface area contributed by atoms with E-state index >= 15 is 0 Å². The lowest BCUT2D eigenvalue weighted by Crippen LogP contribution is -2.25. The molecule has 2 aromatic carbocycles. The van der Waals surface area contributed by atoms with E-state index in [1.54, 1.807) is 11.3 Å². The second kappa shape index (κ2) is 11.1. The summed E-state index contributed by atoms with van der Waals surface area (Å²) < 4.78 is 20.1. The SMILES string of the molecule is Cc1nc(-c2c(-c3ccc(NC(=O)OC(C)C4CC4)cc3)n(C3CCC3)c3cc(OC4CCOCC4)ccc23)cs1. The van der Waals surface area contributed by atoms with Crippen LogP contribution in [0.15, 0.2) is 47.8 Å². The Labute approximate surface area is 244 Å². The highest BCUT2D eigenvalue weighted by atomic mass is 32.1. The minimum absolute atomic E-state index is 0.0445. The largest absolute Gasteiger partial charge is 0.490 e. The quantitative estimate of drug-likeness (QED) is 0.230. The molecule has 7 nitrogen and oxygen atoms in total. The standard InChI is InChI=1S/C33H37N3O4S/c1-20(22-6-7-22)39-33(37)35-24-10-8-23(9-11-24)32-31(29-19-41-21(2)34-29)28-13-12-27(40-26-14-16-38-17-15-26)18-30(28)36(32)25-4-3-5-25/h8-13,18-20,22,25-26H,3-7,14-17H2,1-2H3,(H,35,37). The van der Waals surface area contributed by atoms with Gasteiger partial charge in [-0.1, -0.05) is 12.1 Å². The van der Waals surface area contributed by atoms with E-state index in [9.17, 15) is 4.79 Å². The molecule has 2 aliphatic carbocycles. The van der Waals surface area contributed by atoms with Crippen LogP contribution >= 0.6 is 11.3 Å². The van der Waals surface area contributed by atoms with Crippen LogP contribution in [0, 0.1) is 12.8 Å². The van der Waals surface area contributed by atoms with E-state index in [1.165, 1.54) is 23.0 Å². The third kappa shape index (κ3) is 5.47. The molecular formula is C33H37N3O4S. The van der Waals surface area contributed by atoms with Crippen molar-refractivity contribution in [3.8, 4) is 28.3 Å². The van der Waals surface area contributed by atoms with E-state index in [2.05, 4.69) is 52.5 Å². The van der Waals surface area contributed by atoms with E-state index < -0.39 is 6.09 Å². The number of nitrogens with zero attached hydrogens (tertiary/aromatic N) is 2. The fourth-order valence-corrected chi connectivity index (χ4v) is 6.69. The number of aryl methyl sites for hydroxylation is 1. The lowest BCUT2D eigenvalue weighted by Gasteiger charge is -2.30. The van der Waals surface area contributed by atoms with Gasteiger partial charge in [-0.15, -0.1) is 11.3 Å². The van der Waals surface area contributed by atoms with E-state index in [0.717, 1.165) is 85.0 Å². The monoisotopic (exact) mass is 571 g/mol. The first-order chi connectivity index (χ1) is 20.0. The molecular weight excluding hydrogens is 534 g/mol. The molecule has 4 aromatic rings. The first-order valence-corrected chi connectivity index (χ1v) is 15.8. The number of fused-ring (bicyclic) bond motifs is 1. The van der Waals surface area contributed by atoms with Gasteiger partial charge in [0.2, 0.25) is 0 Å². The lowest BCUT2D eigenvalue weighted by molar-refractivity contribution is 0.0256. The third-order valence-corrected chi connectivity index (χ3v) is 9.52. The van der Waals surface area contributed by atoms with Crippen molar-refractivity contribution in [1.82, 2.24) is 9.55 Å². The van der Waals surface area contributed by atoms with Crippen LogP contribution in [0.1, 0.15) is 62.9 Å². The van der Waals surface area contributed by atoms with Crippen LogP contribution in [-0.2, 0) is 9.47 Å². The number of amides is 1. The molecule has 7 rings (SSSR count). The fourth-order valence-electron chi connectivity index (χ4n) is 6.08. The predicted molar refractivity (Wildman–Crippen MR) is 163 cm³/mol. The van der Waals surface area contributed by atoms with E-state index in [1.807, 2.05) is 19.1 Å². The van der Waals surface area contributed by atoms with Gasteiger partial charge in [-0.3, -0.25) is 5.32 Å². The lowest BCUT2D eigenvalue weighted by atomic mass is 9.92. The highest BCUT2D eigenvalue weighted by Gasteiger charge is 2.31. The summed E-state index contributed by atoms with van der Waals surface area (Å²) in [6, 6.07) is 15.1. The van der Waals surface area contributed by atoms with Gasteiger partial charge < -0.3 is 18.8 Å². The summed E-state index contributed by atoms with van der Waals surface area (Å²) in [6.45, 7) is 5.54.